The molecule has 0 saturated heterocycles. The molecule has 7 heteroatoms. The van der Waals surface area contributed by atoms with Crippen molar-refractivity contribution in [2.45, 2.75) is 26.2 Å². The number of aryl methyl sites for hydroxylation is 1. The van der Waals surface area contributed by atoms with Gasteiger partial charge in [-0.1, -0.05) is 18.2 Å². The zero-order valence-electron chi connectivity index (χ0n) is 11.9. The van der Waals surface area contributed by atoms with E-state index in [2.05, 4.69) is 16.2 Å². The molecule has 0 aliphatic rings. The van der Waals surface area contributed by atoms with Crippen LogP contribution in [0.15, 0.2) is 24.3 Å². The molecule has 4 amide bonds. The quantitative estimate of drug-likeness (QED) is 0.454. The van der Waals surface area contributed by atoms with Crippen LogP contribution in [-0.4, -0.2) is 24.4 Å². The Bertz CT molecular complexity index is 517. The minimum absolute atomic E-state index is 0.258. The summed E-state index contributed by atoms with van der Waals surface area (Å²) in [7, 11) is 0. The van der Waals surface area contributed by atoms with Crippen molar-refractivity contribution in [2.24, 2.45) is 5.73 Å². The van der Waals surface area contributed by atoms with Gasteiger partial charge in [0.15, 0.2) is 0 Å². The van der Waals surface area contributed by atoms with Crippen LogP contribution in [0.1, 0.15) is 35.2 Å². The third-order valence-corrected chi connectivity index (χ3v) is 2.83. The smallest absolute Gasteiger partial charge is 0.312 e. The van der Waals surface area contributed by atoms with E-state index in [1.165, 1.54) is 0 Å². The molecule has 0 aliphatic heterocycles. The summed E-state index contributed by atoms with van der Waals surface area (Å²) < 4.78 is 0. The van der Waals surface area contributed by atoms with E-state index >= 15 is 0 Å². The summed E-state index contributed by atoms with van der Waals surface area (Å²) in [5.41, 5.74) is 11.0. The Morgan fingerprint density at radius 3 is 2.48 bits per heavy atom. The predicted octanol–water partition coefficient (Wildman–Crippen LogP) is 0.595. The van der Waals surface area contributed by atoms with E-state index in [1.807, 2.05) is 19.1 Å². The number of urea groups is 1. The number of hydrazine groups is 1. The molecule has 0 saturated carbocycles. The maximum Gasteiger partial charge on any atom is 0.312 e. The Hall–Kier alpha value is -2.57. The fraction of sp³-hybridized carbons (Fsp3) is 0.357. The molecule has 21 heavy (non-hydrogen) atoms. The lowest BCUT2D eigenvalue weighted by Crippen LogP contribution is -2.41. The average Bonchev–Trinajstić information content (AvgIpc) is 2.44. The van der Waals surface area contributed by atoms with Crippen LogP contribution in [0.3, 0.4) is 0 Å². The number of carbonyl (C=O) groups is 3. The molecule has 1 aromatic carbocycles. The van der Waals surface area contributed by atoms with Gasteiger partial charge in [0.25, 0.3) is 5.91 Å². The summed E-state index contributed by atoms with van der Waals surface area (Å²) in [6.45, 7) is 2.25. The Balaban J connectivity index is 2.22. The SMILES string of the molecule is Cc1ccccc1C(=O)NNC(=O)CCCCNC(N)=O. The first kappa shape index (κ1) is 16.5. The molecular formula is C14H20N4O3. The van der Waals surface area contributed by atoms with E-state index in [0.717, 1.165) is 5.56 Å². The van der Waals surface area contributed by atoms with Crippen LogP contribution in [0.4, 0.5) is 4.79 Å². The van der Waals surface area contributed by atoms with Crippen LogP contribution >= 0.6 is 0 Å². The van der Waals surface area contributed by atoms with E-state index in [4.69, 9.17) is 5.73 Å². The molecule has 0 unspecified atom stereocenters. The van der Waals surface area contributed by atoms with Gasteiger partial charge in [-0.25, -0.2) is 4.79 Å². The number of primary amides is 1. The van der Waals surface area contributed by atoms with Gasteiger partial charge in [0.1, 0.15) is 0 Å². The Kier molecular flexibility index (Phi) is 6.73. The number of rotatable bonds is 6. The summed E-state index contributed by atoms with van der Waals surface area (Å²) >= 11 is 0. The highest BCUT2D eigenvalue weighted by Crippen LogP contribution is 2.05. The van der Waals surface area contributed by atoms with Crippen molar-refractivity contribution in [2.75, 3.05) is 6.54 Å². The highest BCUT2D eigenvalue weighted by atomic mass is 16.2. The van der Waals surface area contributed by atoms with Crippen LogP contribution in [-0.2, 0) is 4.79 Å². The Morgan fingerprint density at radius 2 is 1.81 bits per heavy atom. The van der Waals surface area contributed by atoms with Gasteiger partial charge in [0.2, 0.25) is 5.91 Å². The summed E-state index contributed by atoms with van der Waals surface area (Å²) in [6, 6.07) is 6.53. The molecule has 0 spiro atoms. The van der Waals surface area contributed by atoms with Crippen LogP contribution in [0.2, 0.25) is 0 Å². The van der Waals surface area contributed by atoms with Crippen LogP contribution < -0.4 is 21.9 Å². The third-order valence-electron chi connectivity index (χ3n) is 2.83. The largest absolute Gasteiger partial charge is 0.352 e. The summed E-state index contributed by atoms with van der Waals surface area (Å²) in [5, 5.41) is 2.43. The molecule has 0 aromatic heterocycles. The van der Waals surface area contributed by atoms with Crippen molar-refractivity contribution in [3.8, 4) is 0 Å². The number of carbonyl (C=O) groups excluding carboxylic acids is 3. The van der Waals surface area contributed by atoms with E-state index in [0.29, 0.717) is 24.9 Å². The first-order valence-corrected chi connectivity index (χ1v) is 6.69. The second kappa shape index (κ2) is 8.57. The van der Waals surface area contributed by atoms with Crippen molar-refractivity contribution in [3.63, 3.8) is 0 Å². The number of hydrogen-bond acceptors (Lipinski definition) is 3. The molecule has 0 fully saturated rings. The van der Waals surface area contributed by atoms with Crippen molar-refractivity contribution < 1.29 is 14.4 Å². The predicted molar refractivity (Wildman–Crippen MR) is 78.2 cm³/mol. The highest BCUT2D eigenvalue weighted by Gasteiger charge is 2.09. The number of benzene rings is 1. The maximum absolute atomic E-state index is 11.8. The van der Waals surface area contributed by atoms with Gasteiger partial charge in [-0.3, -0.25) is 20.4 Å². The molecule has 0 atom stereocenters. The maximum atomic E-state index is 11.8. The van der Waals surface area contributed by atoms with Gasteiger partial charge >= 0.3 is 6.03 Å². The Morgan fingerprint density at radius 1 is 1.10 bits per heavy atom. The molecule has 114 valence electrons. The number of nitrogens with two attached hydrogens (primary N) is 1. The summed E-state index contributed by atoms with van der Waals surface area (Å²) in [4.78, 5) is 33.8. The number of amides is 4. The second-order valence-electron chi connectivity index (χ2n) is 4.57. The molecule has 1 rings (SSSR count). The number of nitrogens with one attached hydrogen (secondary N) is 3. The monoisotopic (exact) mass is 292 g/mol. The molecule has 5 N–H and O–H groups in total. The molecule has 0 radical (unpaired) electrons. The zero-order valence-corrected chi connectivity index (χ0v) is 11.9. The molecule has 1 aromatic rings. The van der Waals surface area contributed by atoms with E-state index in [9.17, 15) is 14.4 Å². The first-order valence-electron chi connectivity index (χ1n) is 6.69. The van der Waals surface area contributed by atoms with Gasteiger partial charge in [-0.05, 0) is 31.4 Å². The fourth-order valence-electron chi connectivity index (χ4n) is 1.71. The minimum Gasteiger partial charge on any atom is -0.352 e. The van der Waals surface area contributed by atoms with Gasteiger partial charge < -0.3 is 11.1 Å². The number of hydrogen-bond donors (Lipinski definition) is 4. The van der Waals surface area contributed by atoms with Crippen LogP contribution in [0.5, 0.6) is 0 Å². The summed E-state index contributed by atoms with van der Waals surface area (Å²) in [6.07, 6.45) is 1.49. The van der Waals surface area contributed by atoms with E-state index in [1.54, 1.807) is 12.1 Å². The number of unbranched alkanes of at least 4 members (excludes halogenated alkanes) is 1. The molecule has 0 bridgehead atoms. The highest BCUT2D eigenvalue weighted by molar-refractivity contribution is 5.96. The van der Waals surface area contributed by atoms with Crippen molar-refractivity contribution in [1.82, 2.24) is 16.2 Å². The minimum atomic E-state index is -0.579. The van der Waals surface area contributed by atoms with Crippen molar-refractivity contribution in [1.29, 1.82) is 0 Å². The Labute approximate surface area is 123 Å². The van der Waals surface area contributed by atoms with Gasteiger partial charge in [0.05, 0.1) is 0 Å². The van der Waals surface area contributed by atoms with Gasteiger partial charge in [-0.15, -0.1) is 0 Å². The third kappa shape index (κ3) is 6.42. The molecule has 7 nitrogen and oxygen atoms in total. The normalized spacial score (nSPS) is 9.76. The lowest BCUT2D eigenvalue weighted by Gasteiger charge is -2.09. The second-order valence-corrected chi connectivity index (χ2v) is 4.57. The lowest BCUT2D eigenvalue weighted by molar-refractivity contribution is -0.121. The standard InChI is InChI=1S/C14H20N4O3/c1-10-6-2-3-7-11(10)13(20)18-17-12(19)8-4-5-9-16-14(15)21/h2-3,6-7H,4-5,8-9H2,1H3,(H,17,19)(H,18,20)(H3,15,16,21). The van der Waals surface area contributed by atoms with Crippen molar-refractivity contribution >= 4 is 17.8 Å². The first-order chi connectivity index (χ1) is 10.0. The fourth-order valence-corrected chi connectivity index (χ4v) is 1.71. The van der Waals surface area contributed by atoms with Gasteiger partial charge in [-0.2, -0.15) is 0 Å². The lowest BCUT2D eigenvalue weighted by atomic mass is 10.1. The van der Waals surface area contributed by atoms with E-state index in [-0.39, 0.29) is 18.2 Å². The van der Waals surface area contributed by atoms with Crippen molar-refractivity contribution in [3.05, 3.63) is 35.4 Å². The summed E-state index contributed by atoms with van der Waals surface area (Å²) in [5.74, 6) is -0.632. The van der Waals surface area contributed by atoms with Crippen LogP contribution in [0.25, 0.3) is 0 Å². The average molecular weight is 292 g/mol. The zero-order chi connectivity index (χ0) is 15.7. The molecule has 0 heterocycles. The molecular weight excluding hydrogens is 272 g/mol. The molecule has 0 aliphatic carbocycles. The van der Waals surface area contributed by atoms with E-state index < -0.39 is 6.03 Å². The topological polar surface area (TPSA) is 113 Å². The van der Waals surface area contributed by atoms with Crippen LogP contribution in [0, 0.1) is 6.92 Å². The van der Waals surface area contributed by atoms with Gasteiger partial charge in [0, 0.05) is 18.5 Å².